The van der Waals surface area contributed by atoms with Gasteiger partial charge in [0.1, 0.15) is 6.33 Å². The monoisotopic (exact) mass is 279 g/mol. The molecule has 0 aliphatic heterocycles. The van der Waals surface area contributed by atoms with Crippen LogP contribution in [0.2, 0.25) is 0 Å². The van der Waals surface area contributed by atoms with Crippen molar-refractivity contribution >= 4 is 0 Å². The molecule has 1 aromatic heterocycles. The topological polar surface area (TPSA) is 47.0 Å². The molecule has 4 heteroatoms. The lowest BCUT2D eigenvalue weighted by Crippen LogP contribution is -2.35. The first-order chi connectivity index (χ1) is 9.45. The Morgan fingerprint density at radius 3 is 2.40 bits per heavy atom. The summed E-state index contributed by atoms with van der Waals surface area (Å²) in [5, 5.41) is 3.57. The maximum atomic E-state index is 5.67. The second-order valence-electron chi connectivity index (χ2n) is 5.96. The van der Waals surface area contributed by atoms with E-state index in [-0.39, 0.29) is 6.10 Å². The van der Waals surface area contributed by atoms with Crippen LogP contribution in [-0.4, -0.2) is 28.7 Å². The van der Waals surface area contributed by atoms with Gasteiger partial charge in [-0.3, -0.25) is 0 Å². The Morgan fingerprint density at radius 2 is 1.85 bits per heavy atom. The average Bonchev–Trinajstić information content (AvgIpc) is 2.35. The van der Waals surface area contributed by atoms with Crippen LogP contribution in [-0.2, 0) is 0 Å². The molecule has 1 aromatic rings. The first-order valence-corrected chi connectivity index (χ1v) is 7.67. The largest absolute Gasteiger partial charge is 0.475 e. The van der Waals surface area contributed by atoms with Crippen molar-refractivity contribution in [1.29, 1.82) is 0 Å². The minimum atomic E-state index is 0.130. The van der Waals surface area contributed by atoms with Crippen molar-refractivity contribution in [3.05, 3.63) is 18.1 Å². The highest BCUT2D eigenvalue weighted by Gasteiger charge is 2.24. The lowest BCUT2D eigenvalue weighted by Gasteiger charge is -2.28. The summed E-state index contributed by atoms with van der Waals surface area (Å²) in [4.78, 5) is 8.66. The Labute approximate surface area is 123 Å². The summed E-state index contributed by atoms with van der Waals surface area (Å²) in [5.41, 5.74) is 1.06. The standard InChI is InChI=1S/C16H29N3O/c1-7-8-17-13(6)16(11(2)3)14-9-15(19-10-18-14)20-12(4)5/h9-13,16-17H,7-8H2,1-6H3. The number of aromatic nitrogens is 2. The lowest BCUT2D eigenvalue weighted by atomic mass is 9.86. The molecule has 1 rings (SSSR count). The van der Waals surface area contributed by atoms with Gasteiger partial charge in [0.05, 0.1) is 11.8 Å². The maximum Gasteiger partial charge on any atom is 0.216 e. The number of rotatable bonds is 8. The van der Waals surface area contributed by atoms with Crippen molar-refractivity contribution in [2.75, 3.05) is 6.54 Å². The van der Waals surface area contributed by atoms with E-state index in [1.165, 1.54) is 0 Å². The second kappa shape index (κ2) is 8.20. The number of nitrogens with zero attached hydrogens (tertiary/aromatic N) is 2. The summed E-state index contributed by atoms with van der Waals surface area (Å²) in [6.07, 6.45) is 2.88. The van der Waals surface area contributed by atoms with E-state index in [0.717, 1.165) is 18.7 Å². The third kappa shape index (κ3) is 5.08. The smallest absolute Gasteiger partial charge is 0.216 e. The minimum Gasteiger partial charge on any atom is -0.475 e. The zero-order valence-electron chi connectivity index (χ0n) is 13.7. The molecule has 0 amide bonds. The van der Waals surface area contributed by atoms with Gasteiger partial charge < -0.3 is 10.1 Å². The van der Waals surface area contributed by atoms with Crippen LogP contribution in [0.1, 0.15) is 59.6 Å². The summed E-state index contributed by atoms with van der Waals surface area (Å²) >= 11 is 0. The molecule has 114 valence electrons. The Morgan fingerprint density at radius 1 is 1.15 bits per heavy atom. The van der Waals surface area contributed by atoms with E-state index in [1.54, 1.807) is 6.33 Å². The molecule has 0 spiro atoms. The van der Waals surface area contributed by atoms with Crippen LogP contribution in [0.25, 0.3) is 0 Å². The number of nitrogens with one attached hydrogen (secondary N) is 1. The first-order valence-electron chi connectivity index (χ1n) is 7.67. The molecule has 0 saturated carbocycles. The summed E-state index contributed by atoms with van der Waals surface area (Å²) < 4.78 is 5.67. The summed E-state index contributed by atoms with van der Waals surface area (Å²) in [6, 6.07) is 2.37. The van der Waals surface area contributed by atoms with Crippen molar-refractivity contribution in [2.24, 2.45) is 5.92 Å². The Balaban J connectivity index is 2.91. The van der Waals surface area contributed by atoms with Gasteiger partial charge in [0.15, 0.2) is 0 Å². The van der Waals surface area contributed by atoms with E-state index >= 15 is 0 Å². The number of hydrogen-bond acceptors (Lipinski definition) is 4. The molecule has 0 aromatic carbocycles. The van der Waals surface area contributed by atoms with Crippen LogP contribution < -0.4 is 10.1 Å². The average molecular weight is 279 g/mol. The Kier molecular flexibility index (Phi) is 6.93. The van der Waals surface area contributed by atoms with E-state index in [4.69, 9.17) is 4.74 Å². The first kappa shape index (κ1) is 16.9. The zero-order chi connectivity index (χ0) is 15.1. The predicted molar refractivity (Wildman–Crippen MR) is 83.1 cm³/mol. The van der Waals surface area contributed by atoms with Crippen molar-refractivity contribution in [1.82, 2.24) is 15.3 Å². The van der Waals surface area contributed by atoms with Gasteiger partial charge in [-0.1, -0.05) is 20.8 Å². The van der Waals surface area contributed by atoms with Crippen LogP contribution in [0.3, 0.4) is 0 Å². The highest BCUT2D eigenvalue weighted by molar-refractivity contribution is 5.19. The second-order valence-corrected chi connectivity index (χ2v) is 5.96. The van der Waals surface area contributed by atoms with Crippen molar-refractivity contribution in [3.63, 3.8) is 0 Å². The molecule has 0 bridgehead atoms. The van der Waals surface area contributed by atoms with E-state index in [0.29, 0.717) is 23.8 Å². The predicted octanol–water partition coefficient (Wildman–Crippen LogP) is 3.39. The fourth-order valence-electron chi connectivity index (χ4n) is 2.52. The third-order valence-corrected chi connectivity index (χ3v) is 3.33. The Bertz CT molecular complexity index is 393. The number of hydrogen-bond donors (Lipinski definition) is 1. The molecular weight excluding hydrogens is 250 g/mol. The Hall–Kier alpha value is -1.16. The van der Waals surface area contributed by atoms with Crippen LogP contribution >= 0.6 is 0 Å². The van der Waals surface area contributed by atoms with Gasteiger partial charge in [0.2, 0.25) is 5.88 Å². The molecule has 0 fully saturated rings. The van der Waals surface area contributed by atoms with Gasteiger partial charge in [-0.25, -0.2) is 9.97 Å². The van der Waals surface area contributed by atoms with Crippen molar-refractivity contribution in [2.45, 2.75) is 66.0 Å². The van der Waals surface area contributed by atoms with Gasteiger partial charge in [0, 0.05) is 18.0 Å². The molecule has 4 nitrogen and oxygen atoms in total. The highest BCUT2D eigenvalue weighted by Crippen LogP contribution is 2.28. The van der Waals surface area contributed by atoms with Gasteiger partial charge in [0.25, 0.3) is 0 Å². The number of ether oxygens (including phenoxy) is 1. The summed E-state index contributed by atoms with van der Waals surface area (Å²) in [7, 11) is 0. The quantitative estimate of drug-likeness (QED) is 0.792. The zero-order valence-corrected chi connectivity index (χ0v) is 13.7. The lowest BCUT2D eigenvalue weighted by molar-refractivity contribution is 0.231. The third-order valence-electron chi connectivity index (χ3n) is 3.33. The normalized spacial score (nSPS) is 14.6. The molecular formula is C16H29N3O. The van der Waals surface area contributed by atoms with E-state index in [9.17, 15) is 0 Å². The van der Waals surface area contributed by atoms with Crippen LogP contribution in [0.5, 0.6) is 5.88 Å². The molecule has 2 atom stereocenters. The maximum absolute atomic E-state index is 5.67. The molecule has 1 N–H and O–H groups in total. The molecule has 2 unspecified atom stereocenters. The molecule has 1 heterocycles. The van der Waals surface area contributed by atoms with Gasteiger partial charge >= 0.3 is 0 Å². The molecule has 0 radical (unpaired) electrons. The molecule has 0 aliphatic carbocycles. The summed E-state index contributed by atoms with van der Waals surface area (Å²) in [5.74, 6) is 1.54. The SMILES string of the molecule is CCCNC(C)C(c1cc(OC(C)C)ncn1)C(C)C. The van der Waals surface area contributed by atoms with E-state index in [2.05, 4.69) is 43.0 Å². The van der Waals surface area contributed by atoms with Gasteiger partial charge in [-0.15, -0.1) is 0 Å². The molecule has 20 heavy (non-hydrogen) atoms. The fourth-order valence-corrected chi connectivity index (χ4v) is 2.52. The van der Waals surface area contributed by atoms with Crippen LogP contribution in [0.15, 0.2) is 12.4 Å². The molecule has 0 saturated heterocycles. The van der Waals surface area contributed by atoms with Crippen molar-refractivity contribution in [3.8, 4) is 5.88 Å². The van der Waals surface area contributed by atoms with E-state index in [1.807, 2.05) is 19.9 Å². The van der Waals surface area contributed by atoms with Gasteiger partial charge in [-0.05, 0) is 39.7 Å². The summed E-state index contributed by atoms with van der Waals surface area (Å²) in [6.45, 7) is 13.9. The van der Waals surface area contributed by atoms with Crippen LogP contribution in [0.4, 0.5) is 0 Å². The highest BCUT2D eigenvalue weighted by atomic mass is 16.5. The van der Waals surface area contributed by atoms with Crippen molar-refractivity contribution < 1.29 is 4.74 Å². The van der Waals surface area contributed by atoms with Gasteiger partial charge in [-0.2, -0.15) is 0 Å². The van der Waals surface area contributed by atoms with E-state index < -0.39 is 0 Å². The fraction of sp³-hybridized carbons (Fsp3) is 0.750. The van der Waals surface area contributed by atoms with Crippen LogP contribution in [0, 0.1) is 5.92 Å². The molecule has 0 aliphatic rings. The minimum absolute atomic E-state index is 0.130.